The molecular formula is C19H21N3O2S. The molecule has 6 heteroatoms. The van der Waals surface area contributed by atoms with Crippen LogP contribution in [0, 0.1) is 13.8 Å². The van der Waals surface area contributed by atoms with Crippen molar-refractivity contribution in [1.82, 2.24) is 9.97 Å². The molecule has 0 bridgehead atoms. The molecule has 0 spiro atoms. The lowest BCUT2D eigenvalue weighted by Crippen LogP contribution is -2.18. The lowest BCUT2D eigenvalue weighted by atomic mass is 10.1. The van der Waals surface area contributed by atoms with Crippen molar-refractivity contribution in [2.24, 2.45) is 0 Å². The van der Waals surface area contributed by atoms with Crippen molar-refractivity contribution >= 4 is 33.3 Å². The van der Waals surface area contributed by atoms with E-state index >= 15 is 0 Å². The first kappa shape index (κ1) is 17.4. The van der Waals surface area contributed by atoms with E-state index in [2.05, 4.69) is 27.0 Å². The summed E-state index contributed by atoms with van der Waals surface area (Å²) in [7, 11) is 2.01. The fourth-order valence-corrected chi connectivity index (χ4v) is 3.94. The predicted octanol–water partition coefficient (Wildman–Crippen LogP) is 4.12. The summed E-state index contributed by atoms with van der Waals surface area (Å²) >= 11 is 1.37. The molecule has 0 saturated heterocycles. The monoisotopic (exact) mass is 355 g/mol. The fourth-order valence-electron chi connectivity index (χ4n) is 2.82. The summed E-state index contributed by atoms with van der Waals surface area (Å²) in [5.41, 5.74) is 2.08. The predicted molar refractivity (Wildman–Crippen MR) is 101 cm³/mol. The highest BCUT2D eigenvalue weighted by Gasteiger charge is 2.22. The number of fused-ring (bicyclic) bond motifs is 1. The van der Waals surface area contributed by atoms with Crippen LogP contribution in [0.25, 0.3) is 10.2 Å². The summed E-state index contributed by atoms with van der Waals surface area (Å²) < 4.78 is 5.17. The van der Waals surface area contributed by atoms with Gasteiger partial charge < -0.3 is 9.64 Å². The van der Waals surface area contributed by atoms with Gasteiger partial charge in [-0.1, -0.05) is 30.3 Å². The second-order valence-corrected chi connectivity index (χ2v) is 6.89. The molecule has 0 atom stereocenters. The number of carbonyl (C=O) groups is 1. The van der Waals surface area contributed by atoms with Gasteiger partial charge in [-0.25, -0.2) is 14.8 Å². The molecule has 2 aromatic heterocycles. The SMILES string of the molecule is CCOC(=O)c1sc2nc(C)nc(N(C)Cc3ccccc3)c2c1C. The minimum Gasteiger partial charge on any atom is -0.462 e. The first-order chi connectivity index (χ1) is 12.0. The quantitative estimate of drug-likeness (QED) is 0.644. The summed E-state index contributed by atoms with van der Waals surface area (Å²) in [4.78, 5) is 24.9. The Morgan fingerprint density at radius 2 is 1.92 bits per heavy atom. The van der Waals surface area contributed by atoms with Crippen molar-refractivity contribution in [1.29, 1.82) is 0 Å². The average molecular weight is 355 g/mol. The van der Waals surface area contributed by atoms with Crippen molar-refractivity contribution in [2.45, 2.75) is 27.3 Å². The van der Waals surface area contributed by atoms with E-state index < -0.39 is 0 Å². The van der Waals surface area contributed by atoms with E-state index in [1.165, 1.54) is 16.9 Å². The Hall–Kier alpha value is -2.47. The van der Waals surface area contributed by atoms with E-state index in [0.29, 0.717) is 17.3 Å². The van der Waals surface area contributed by atoms with Gasteiger partial charge in [0.2, 0.25) is 0 Å². The van der Waals surface area contributed by atoms with Crippen LogP contribution in [-0.2, 0) is 11.3 Å². The molecule has 0 unspecified atom stereocenters. The van der Waals surface area contributed by atoms with E-state index in [0.717, 1.165) is 28.1 Å². The van der Waals surface area contributed by atoms with Crippen molar-refractivity contribution in [3.8, 4) is 0 Å². The molecule has 0 amide bonds. The average Bonchev–Trinajstić information content (AvgIpc) is 2.92. The zero-order chi connectivity index (χ0) is 18.0. The first-order valence-electron chi connectivity index (χ1n) is 8.21. The zero-order valence-corrected chi connectivity index (χ0v) is 15.7. The summed E-state index contributed by atoms with van der Waals surface area (Å²) in [6.45, 7) is 6.71. The third kappa shape index (κ3) is 3.49. The highest BCUT2D eigenvalue weighted by molar-refractivity contribution is 7.20. The van der Waals surface area contributed by atoms with Gasteiger partial charge >= 0.3 is 5.97 Å². The topological polar surface area (TPSA) is 55.3 Å². The Morgan fingerprint density at radius 3 is 2.60 bits per heavy atom. The van der Waals surface area contributed by atoms with Crippen LogP contribution in [0.1, 0.15) is 33.5 Å². The molecule has 0 saturated carbocycles. The Bertz CT molecular complexity index is 906. The zero-order valence-electron chi connectivity index (χ0n) is 14.9. The normalized spacial score (nSPS) is 10.9. The van der Waals surface area contributed by atoms with Gasteiger partial charge in [0.15, 0.2) is 0 Å². The standard InChI is InChI=1S/C19H21N3O2S/c1-5-24-19(23)16-12(2)15-17(20-13(3)21-18(15)25-16)22(4)11-14-9-7-6-8-10-14/h6-10H,5,11H2,1-4H3. The Labute approximate surface area is 151 Å². The van der Waals surface area contributed by atoms with Gasteiger partial charge in [0.1, 0.15) is 21.3 Å². The van der Waals surface area contributed by atoms with Gasteiger partial charge in [-0.3, -0.25) is 0 Å². The van der Waals surface area contributed by atoms with Crippen LogP contribution < -0.4 is 4.90 Å². The number of esters is 1. The van der Waals surface area contributed by atoms with Crippen LogP contribution in [0.2, 0.25) is 0 Å². The number of anilines is 1. The fraction of sp³-hybridized carbons (Fsp3) is 0.316. The van der Waals surface area contributed by atoms with E-state index in [1.807, 2.05) is 46.0 Å². The number of hydrogen-bond donors (Lipinski definition) is 0. The summed E-state index contributed by atoms with van der Waals surface area (Å²) in [5.74, 6) is 1.24. The maximum atomic E-state index is 12.2. The van der Waals surface area contributed by atoms with Crippen LogP contribution in [-0.4, -0.2) is 29.6 Å². The maximum absolute atomic E-state index is 12.2. The van der Waals surface area contributed by atoms with Crippen LogP contribution >= 0.6 is 11.3 Å². The Morgan fingerprint density at radius 1 is 1.20 bits per heavy atom. The summed E-state index contributed by atoms with van der Waals surface area (Å²) in [6, 6.07) is 10.2. The van der Waals surface area contributed by atoms with E-state index in [-0.39, 0.29) is 5.97 Å². The second kappa shape index (κ2) is 7.19. The molecule has 5 nitrogen and oxygen atoms in total. The molecule has 0 N–H and O–H groups in total. The molecule has 0 aliphatic rings. The number of carbonyl (C=O) groups excluding carboxylic acids is 1. The van der Waals surface area contributed by atoms with E-state index in [1.54, 1.807) is 0 Å². The molecule has 2 heterocycles. The van der Waals surface area contributed by atoms with Crippen LogP contribution in [0.3, 0.4) is 0 Å². The number of rotatable bonds is 5. The summed E-state index contributed by atoms with van der Waals surface area (Å²) in [5, 5.41) is 0.928. The summed E-state index contributed by atoms with van der Waals surface area (Å²) in [6.07, 6.45) is 0. The van der Waals surface area contributed by atoms with Gasteiger partial charge in [-0.05, 0) is 31.9 Å². The first-order valence-corrected chi connectivity index (χ1v) is 9.02. The van der Waals surface area contributed by atoms with Crippen molar-refractivity contribution in [3.05, 3.63) is 52.2 Å². The smallest absolute Gasteiger partial charge is 0.348 e. The molecular weight excluding hydrogens is 334 g/mol. The third-order valence-corrected chi connectivity index (χ3v) is 5.13. The number of benzene rings is 1. The third-order valence-electron chi connectivity index (χ3n) is 3.97. The number of aryl methyl sites for hydroxylation is 2. The molecule has 3 rings (SSSR count). The number of aromatic nitrogens is 2. The second-order valence-electron chi connectivity index (χ2n) is 5.89. The lowest BCUT2D eigenvalue weighted by Gasteiger charge is -2.20. The van der Waals surface area contributed by atoms with E-state index in [9.17, 15) is 4.79 Å². The lowest BCUT2D eigenvalue weighted by molar-refractivity contribution is 0.0531. The molecule has 0 aliphatic carbocycles. The highest BCUT2D eigenvalue weighted by atomic mass is 32.1. The molecule has 3 aromatic rings. The number of nitrogens with zero attached hydrogens (tertiary/aromatic N) is 3. The highest BCUT2D eigenvalue weighted by Crippen LogP contribution is 2.35. The molecule has 0 fully saturated rings. The van der Waals surface area contributed by atoms with Crippen LogP contribution in [0.5, 0.6) is 0 Å². The number of thiophene rings is 1. The number of hydrogen-bond acceptors (Lipinski definition) is 6. The van der Waals surface area contributed by atoms with Crippen LogP contribution in [0.4, 0.5) is 5.82 Å². The molecule has 25 heavy (non-hydrogen) atoms. The molecule has 1 aromatic carbocycles. The maximum Gasteiger partial charge on any atom is 0.348 e. The van der Waals surface area contributed by atoms with Gasteiger partial charge in [-0.15, -0.1) is 11.3 Å². The molecule has 0 radical (unpaired) electrons. The van der Waals surface area contributed by atoms with Gasteiger partial charge in [0.05, 0.1) is 12.0 Å². The van der Waals surface area contributed by atoms with Gasteiger partial charge in [0, 0.05) is 13.6 Å². The van der Waals surface area contributed by atoms with Gasteiger partial charge in [0.25, 0.3) is 0 Å². The Kier molecular flexibility index (Phi) is 4.99. The van der Waals surface area contributed by atoms with Gasteiger partial charge in [-0.2, -0.15) is 0 Å². The molecule has 0 aliphatic heterocycles. The van der Waals surface area contributed by atoms with Crippen molar-refractivity contribution in [3.63, 3.8) is 0 Å². The largest absolute Gasteiger partial charge is 0.462 e. The van der Waals surface area contributed by atoms with Crippen LogP contribution in [0.15, 0.2) is 30.3 Å². The van der Waals surface area contributed by atoms with E-state index in [4.69, 9.17) is 4.74 Å². The minimum atomic E-state index is -0.294. The van der Waals surface area contributed by atoms with Crippen molar-refractivity contribution < 1.29 is 9.53 Å². The Balaban J connectivity index is 2.06. The number of ether oxygens (including phenoxy) is 1. The van der Waals surface area contributed by atoms with Crippen molar-refractivity contribution in [2.75, 3.05) is 18.6 Å². The molecule has 130 valence electrons. The minimum absolute atomic E-state index is 0.294.